The summed E-state index contributed by atoms with van der Waals surface area (Å²) in [6, 6.07) is 0. The third kappa shape index (κ3) is 4.60. The first-order chi connectivity index (χ1) is 6.54. The van der Waals surface area contributed by atoms with Crippen LogP contribution in [0.15, 0.2) is 11.4 Å². The lowest BCUT2D eigenvalue weighted by atomic mass is 10.3. The van der Waals surface area contributed by atoms with E-state index in [1.165, 1.54) is 19.3 Å². The van der Waals surface area contributed by atoms with Gasteiger partial charge in [-0.3, -0.25) is 0 Å². The van der Waals surface area contributed by atoms with Crippen molar-refractivity contribution < 1.29 is 0 Å². The molecule has 2 atom stereocenters. The van der Waals surface area contributed by atoms with Crippen molar-refractivity contribution in [1.82, 2.24) is 0 Å². The van der Waals surface area contributed by atoms with Gasteiger partial charge in [-0.15, -0.1) is 0 Å². The molecule has 1 heteroatoms. The molecule has 0 aromatic rings. The van der Waals surface area contributed by atoms with Gasteiger partial charge >= 0.3 is 0 Å². The summed E-state index contributed by atoms with van der Waals surface area (Å²) in [5.74, 6) is 0. The Hall–Kier alpha value is 0.170. The molecule has 0 N–H and O–H groups in total. The van der Waals surface area contributed by atoms with Crippen LogP contribution in [0.2, 0.25) is 0 Å². The molecule has 2 unspecified atom stereocenters. The fourth-order valence-electron chi connectivity index (χ4n) is 1.92. The predicted octanol–water partition coefficient (Wildman–Crippen LogP) is 5.38. The van der Waals surface area contributed by atoms with Gasteiger partial charge in [0, 0.05) is 0 Å². The molecule has 0 amide bonds. The van der Waals surface area contributed by atoms with Crippen molar-refractivity contribution in [3.63, 3.8) is 0 Å². The van der Waals surface area contributed by atoms with Crippen LogP contribution in [0.25, 0.3) is 0 Å². The van der Waals surface area contributed by atoms with E-state index in [2.05, 4.69) is 47.6 Å². The van der Waals surface area contributed by atoms with Crippen molar-refractivity contribution in [2.24, 2.45) is 0 Å². The number of hydrogen-bond donors (Lipinski definition) is 0. The van der Waals surface area contributed by atoms with Gasteiger partial charge in [0.15, 0.2) is 0 Å². The highest BCUT2D eigenvalue weighted by Gasteiger charge is 2.19. The Morgan fingerprint density at radius 3 is 2.14 bits per heavy atom. The first kappa shape index (κ1) is 14.2. The van der Waals surface area contributed by atoms with Crippen LogP contribution in [0.5, 0.6) is 0 Å². The number of unbranched alkanes of at least 4 members (excludes halogenated alkanes) is 1. The number of allylic oxidation sites excluding steroid dienone is 2. The van der Waals surface area contributed by atoms with E-state index in [0.29, 0.717) is 0 Å². The Balaban J connectivity index is 4.48. The molecule has 14 heavy (non-hydrogen) atoms. The quantitative estimate of drug-likeness (QED) is 0.521. The van der Waals surface area contributed by atoms with Crippen LogP contribution < -0.4 is 0 Å². The van der Waals surface area contributed by atoms with Gasteiger partial charge in [0.2, 0.25) is 0 Å². The summed E-state index contributed by atoms with van der Waals surface area (Å²) in [6.07, 6.45) is 6.33. The zero-order chi connectivity index (χ0) is 11.1. The largest absolute Gasteiger partial charge is 0.0811 e. The molecule has 0 bridgehead atoms. The van der Waals surface area contributed by atoms with Gasteiger partial charge in [-0.2, -0.15) is 0 Å². The second kappa shape index (κ2) is 7.46. The van der Waals surface area contributed by atoms with E-state index in [9.17, 15) is 0 Å². The van der Waals surface area contributed by atoms with Crippen LogP contribution in [-0.2, 0) is 0 Å². The lowest BCUT2D eigenvalue weighted by molar-refractivity contribution is 0.874. The van der Waals surface area contributed by atoms with Gasteiger partial charge in [-0.25, -0.2) is 0 Å². The van der Waals surface area contributed by atoms with Gasteiger partial charge in [0.25, 0.3) is 0 Å². The minimum Gasteiger partial charge on any atom is -0.0811 e. The zero-order valence-corrected chi connectivity index (χ0v) is 11.7. The molecule has 84 valence electrons. The van der Waals surface area contributed by atoms with Gasteiger partial charge in [0.05, 0.1) is 0 Å². The smallest absolute Gasteiger partial charge is 0.0201 e. The van der Waals surface area contributed by atoms with Crippen molar-refractivity contribution in [2.45, 2.75) is 72.1 Å². The van der Waals surface area contributed by atoms with Gasteiger partial charge in [-0.1, -0.05) is 60.4 Å². The van der Waals surface area contributed by atoms with E-state index in [-0.39, 0.29) is 7.92 Å². The summed E-state index contributed by atoms with van der Waals surface area (Å²) in [4.78, 5) is 0. The van der Waals surface area contributed by atoms with Gasteiger partial charge in [0.1, 0.15) is 0 Å². The van der Waals surface area contributed by atoms with Crippen molar-refractivity contribution in [2.75, 3.05) is 0 Å². The maximum atomic E-state index is 2.47. The summed E-state index contributed by atoms with van der Waals surface area (Å²) in [7, 11) is 0.107. The maximum Gasteiger partial charge on any atom is -0.0201 e. The van der Waals surface area contributed by atoms with Gasteiger partial charge < -0.3 is 0 Å². The van der Waals surface area contributed by atoms with Crippen LogP contribution in [-0.4, -0.2) is 11.3 Å². The van der Waals surface area contributed by atoms with E-state index >= 15 is 0 Å². The third-order valence-electron chi connectivity index (χ3n) is 2.76. The summed E-state index contributed by atoms with van der Waals surface area (Å²) >= 11 is 0. The molecule has 0 fully saturated rings. The van der Waals surface area contributed by atoms with Crippen LogP contribution in [0.3, 0.4) is 0 Å². The van der Waals surface area contributed by atoms with Crippen LogP contribution in [0.1, 0.15) is 60.8 Å². The SMILES string of the molecule is CCC/C=C(\C)P(C(C)C)C(C)CC. The average molecular weight is 214 g/mol. The Kier molecular flexibility index (Phi) is 7.55. The van der Waals surface area contributed by atoms with Crippen LogP contribution >= 0.6 is 7.92 Å². The molecule has 0 aromatic carbocycles. The maximum absolute atomic E-state index is 2.47. The molecule has 0 radical (unpaired) electrons. The standard InChI is InChI=1S/C13H27P/c1-7-9-10-13(6)14(11(3)4)12(5)8-2/h10-12H,7-9H2,1-6H3/b13-10+. The first-order valence-electron chi connectivity index (χ1n) is 5.99. The lowest BCUT2D eigenvalue weighted by Crippen LogP contribution is -2.06. The molecule has 0 aromatic heterocycles. The average Bonchev–Trinajstić information content (AvgIpc) is 2.14. The van der Waals surface area contributed by atoms with Gasteiger partial charge in [-0.05, 0) is 31.1 Å². The van der Waals surface area contributed by atoms with Crippen LogP contribution in [0, 0.1) is 0 Å². The molecule has 0 saturated heterocycles. The van der Waals surface area contributed by atoms with Crippen LogP contribution in [0.4, 0.5) is 0 Å². The molecule has 0 nitrogen and oxygen atoms in total. The third-order valence-corrected chi connectivity index (χ3v) is 6.18. The molecule has 0 aliphatic heterocycles. The minimum atomic E-state index is 0.107. The number of rotatable bonds is 6. The number of hydrogen-bond acceptors (Lipinski definition) is 0. The highest BCUT2D eigenvalue weighted by molar-refractivity contribution is 7.63. The summed E-state index contributed by atoms with van der Waals surface area (Å²) < 4.78 is 0. The van der Waals surface area contributed by atoms with Crippen molar-refractivity contribution >= 4 is 7.92 Å². The monoisotopic (exact) mass is 214 g/mol. The highest BCUT2D eigenvalue weighted by Crippen LogP contribution is 2.54. The zero-order valence-electron chi connectivity index (χ0n) is 10.8. The van der Waals surface area contributed by atoms with Crippen molar-refractivity contribution in [3.05, 3.63) is 11.4 Å². The van der Waals surface area contributed by atoms with E-state index in [0.717, 1.165) is 11.3 Å². The molecule has 0 heterocycles. The topological polar surface area (TPSA) is 0 Å². The lowest BCUT2D eigenvalue weighted by Gasteiger charge is -2.28. The fraction of sp³-hybridized carbons (Fsp3) is 0.846. The minimum absolute atomic E-state index is 0.107. The van der Waals surface area contributed by atoms with E-state index in [1.54, 1.807) is 5.31 Å². The molecule has 0 aliphatic rings. The summed E-state index contributed by atoms with van der Waals surface area (Å²) in [6.45, 7) is 14.1. The fourth-order valence-corrected chi connectivity index (χ4v) is 5.18. The van der Waals surface area contributed by atoms with E-state index in [4.69, 9.17) is 0 Å². The molecular formula is C13H27P. The Morgan fingerprint density at radius 1 is 1.21 bits per heavy atom. The second-order valence-corrected chi connectivity index (χ2v) is 7.83. The van der Waals surface area contributed by atoms with E-state index < -0.39 is 0 Å². The second-order valence-electron chi connectivity index (χ2n) is 4.39. The Bertz CT molecular complexity index is 170. The predicted molar refractivity (Wildman–Crippen MR) is 70.5 cm³/mol. The molecular weight excluding hydrogens is 187 g/mol. The molecule has 0 rings (SSSR count). The summed E-state index contributed by atoms with van der Waals surface area (Å²) in [5.41, 5.74) is 1.73. The molecule has 0 saturated carbocycles. The van der Waals surface area contributed by atoms with Crippen molar-refractivity contribution in [1.29, 1.82) is 0 Å². The summed E-state index contributed by atoms with van der Waals surface area (Å²) in [5, 5.41) is 1.67. The first-order valence-corrected chi connectivity index (χ1v) is 7.47. The molecule has 0 aliphatic carbocycles. The van der Waals surface area contributed by atoms with E-state index in [1.807, 2.05) is 0 Å². The highest BCUT2D eigenvalue weighted by atomic mass is 31.1. The Labute approximate surface area is 91.9 Å². The van der Waals surface area contributed by atoms with Crippen molar-refractivity contribution in [3.8, 4) is 0 Å². The molecule has 0 spiro atoms. The Morgan fingerprint density at radius 2 is 1.79 bits per heavy atom. The normalized spacial score (nSPS) is 17.2.